The number of benzene rings is 1. The summed E-state index contributed by atoms with van der Waals surface area (Å²) >= 11 is 0. The molecule has 1 aromatic carbocycles. The Bertz CT molecular complexity index is 895. The summed E-state index contributed by atoms with van der Waals surface area (Å²) in [4.78, 5) is 22.7. The van der Waals surface area contributed by atoms with Gasteiger partial charge >= 0.3 is 0 Å². The van der Waals surface area contributed by atoms with Gasteiger partial charge in [0, 0.05) is 0 Å². The van der Waals surface area contributed by atoms with E-state index in [1.807, 2.05) is 0 Å². The Hall–Kier alpha value is -3.80. The number of hydrogen-bond donors (Lipinski definition) is 1. The van der Waals surface area contributed by atoms with Gasteiger partial charge in [0.15, 0.2) is 11.5 Å². The summed E-state index contributed by atoms with van der Waals surface area (Å²) in [6, 6.07) is 7.63. The molecule has 0 spiro atoms. The van der Waals surface area contributed by atoms with Gasteiger partial charge < -0.3 is 19.2 Å². The molecule has 0 saturated heterocycles. The number of nitro benzene ring substituents is 1. The number of nitrogens with one attached hydrogen (secondary N) is 1. The number of nitro groups is 1. The van der Waals surface area contributed by atoms with Crippen molar-refractivity contribution in [3.05, 3.63) is 57.5 Å². The molecule has 126 valence electrons. The summed E-state index contributed by atoms with van der Waals surface area (Å²) in [5.41, 5.74) is -0.511. The standard InChI is InChI=1S/C16H11N3O6/c17-7-11(16(20)18-8-12-2-1-3-23-12)4-10-5-14-15(25-9-24-14)6-13(10)19(21)22/h1-6H,8-9H2,(H,18,20)/b11-4+. The number of amides is 1. The first-order valence-electron chi connectivity index (χ1n) is 7.09. The van der Waals surface area contributed by atoms with E-state index in [4.69, 9.17) is 13.9 Å². The Labute approximate surface area is 141 Å². The van der Waals surface area contributed by atoms with Gasteiger partial charge in [-0.1, -0.05) is 0 Å². The van der Waals surface area contributed by atoms with Gasteiger partial charge in [-0.05, 0) is 24.3 Å². The lowest BCUT2D eigenvalue weighted by Gasteiger charge is -2.04. The molecule has 0 atom stereocenters. The molecule has 0 unspecified atom stereocenters. The predicted molar refractivity (Wildman–Crippen MR) is 83.4 cm³/mol. The molecule has 2 heterocycles. The number of nitriles is 1. The lowest BCUT2D eigenvalue weighted by Crippen LogP contribution is -2.23. The Morgan fingerprint density at radius 1 is 1.40 bits per heavy atom. The van der Waals surface area contributed by atoms with Gasteiger partial charge in [0.1, 0.15) is 17.4 Å². The number of fused-ring (bicyclic) bond motifs is 1. The molecule has 0 bridgehead atoms. The molecule has 0 aliphatic carbocycles. The maximum Gasteiger partial charge on any atom is 0.280 e. The molecular formula is C16H11N3O6. The van der Waals surface area contributed by atoms with Gasteiger partial charge in [-0.15, -0.1) is 0 Å². The average Bonchev–Trinajstić information content (AvgIpc) is 3.27. The monoisotopic (exact) mass is 341 g/mol. The second-order valence-corrected chi connectivity index (χ2v) is 4.95. The van der Waals surface area contributed by atoms with Gasteiger partial charge in [0.05, 0.1) is 29.4 Å². The highest BCUT2D eigenvalue weighted by Gasteiger charge is 2.23. The summed E-state index contributed by atoms with van der Waals surface area (Å²) in [5, 5.41) is 22.9. The van der Waals surface area contributed by atoms with E-state index < -0.39 is 10.8 Å². The minimum absolute atomic E-state index is 0.0472. The maximum absolute atomic E-state index is 12.1. The number of ether oxygens (including phenoxy) is 2. The second kappa shape index (κ2) is 6.76. The minimum atomic E-state index is -0.675. The van der Waals surface area contributed by atoms with E-state index in [-0.39, 0.29) is 35.9 Å². The minimum Gasteiger partial charge on any atom is -0.467 e. The quantitative estimate of drug-likeness (QED) is 0.382. The topological polar surface area (TPSA) is 128 Å². The van der Waals surface area contributed by atoms with E-state index in [1.165, 1.54) is 18.4 Å². The van der Waals surface area contributed by atoms with Crippen LogP contribution in [-0.4, -0.2) is 17.6 Å². The smallest absolute Gasteiger partial charge is 0.280 e. The van der Waals surface area contributed by atoms with Crippen LogP contribution < -0.4 is 14.8 Å². The van der Waals surface area contributed by atoms with Crippen LogP contribution in [0.5, 0.6) is 11.5 Å². The third-order valence-corrected chi connectivity index (χ3v) is 3.39. The van der Waals surface area contributed by atoms with Gasteiger partial charge in [-0.3, -0.25) is 14.9 Å². The van der Waals surface area contributed by atoms with E-state index in [0.717, 1.165) is 6.08 Å². The van der Waals surface area contributed by atoms with Crippen LogP contribution in [0.4, 0.5) is 5.69 Å². The predicted octanol–water partition coefficient (Wildman–Crippen LogP) is 2.14. The van der Waals surface area contributed by atoms with Crippen molar-refractivity contribution in [3.8, 4) is 17.6 Å². The van der Waals surface area contributed by atoms with Gasteiger partial charge in [-0.25, -0.2) is 0 Å². The number of carbonyl (C=O) groups excluding carboxylic acids is 1. The molecule has 1 aliphatic heterocycles. The maximum atomic E-state index is 12.1. The van der Waals surface area contributed by atoms with Gasteiger partial charge in [0.2, 0.25) is 6.79 Å². The number of rotatable bonds is 5. The van der Waals surface area contributed by atoms with E-state index >= 15 is 0 Å². The van der Waals surface area contributed by atoms with Crippen molar-refractivity contribution in [1.82, 2.24) is 5.32 Å². The highest BCUT2D eigenvalue weighted by molar-refractivity contribution is 6.02. The summed E-state index contributed by atoms with van der Waals surface area (Å²) in [6.45, 7) is 0.0441. The van der Waals surface area contributed by atoms with E-state index in [9.17, 15) is 20.2 Å². The molecule has 0 radical (unpaired) electrons. The molecule has 1 aliphatic rings. The Kier molecular flexibility index (Phi) is 4.34. The Morgan fingerprint density at radius 3 is 2.80 bits per heavy atom. The largest absolute Gasteiger partial charge is 0.467 e. The van der Waals surface area contributed by atoms with Crippen molar-refractivity contribution in [2.24, 2.45) is 0 Å². The molecule has 1 N–H and O–H groups in total. The van der Waals surface area contributed by atoms with Crippen molar-refractivity contribution < 1.29 is 23.6 Å². The SMILES string of the molecule is N#C/C(=C\c1cc2c(cc1[N+](=O)[O-])OCO2)C(=O)NCc1ccco1. The molecule has 1 aromatic heterocycles. The molecule has 9 heteroatoms. The summed E-state index contributed by atoms with van der Waals surface area (Å²) in [7, 11) is 0. The highest BCUT2D eigenvalue weighted by atomic mass is 16.7. The number of carbonyl (C=O) groups is 1. The van der Waals surface area contributed by atoms with Crippen LogP contribution in [0.25, 0.3) is 6.08 Å². The van der Waals surface area contributed by atoms with Crippen molar-refractivity contribution in [2.45, 2.75) is 6.54 Å². The number of nitrogens with zero attached hydrogens (tertiary/aromatic N) is 2. The first-order chi connectivity index (χ1) is 12.1. The van der Waals surface area contributed by atoms with E-state index in [2.05, 4.69) is 5.32 Å². The Balaban J connectivity index is 1.87. The summed E-state index contributed by atoms with van der Waals surface area (Å²) < 4.78 is 15.4. The number of furan rings is 1. The molecule has 2 aromatic rings. The highest BCUT2D eigenvalue weighted by Crippen LogP contribution is 2.38. The van der Waals surface area contributed by atoms with Crippen LogP contribution >= 0.6 is 0 Å². The number of hydrogen-bond acceptors (Lipinski definition) is 7. The van der Waals surface area contributed by atoms with Crippen LogP contribution in [0, 0.1) is 21.4 Å². The molecule has 3 rings (SSSR count). The first kappa shape index (κ1) is 16.1. The average molecular weight is 341 g/mol. The van der Waals surface area contributed by atoms with E-state index in [0.29, 0.717) is 11.5 Å². The fourth-order valence-electron chi connectivity index (χ4n) is 2.20. The van der Waals surface area contributed by atoms with Crippen molar-refractivity contribution in [1.29, 1.82) is 5.26 Å². The van der Waals surface area contributed by atoms with Gasteiger partial charge in [-0.2, -0.15) is 5.26 Å². The molecule has 25 heavy (non-hydrogen) atoms. The first-order valence-corrected chi connectivity index (χ1v) is 7.09. The fraction of sp³-hybridized carbons (Fsp3) is 0.125. The van der Waals surface area contributed by atoms with Gasteiger partial charge in [0.25, 0.3) is 11.6 Å². The molecule has 9 nitrogen and oxygen atoms in total. The van der Waals surface area contributed by atoms with E-state index in [1.54, 1.807) is 18.2 Å². The fourth-order valence-corrected chi connectivity index (χ4v) is 2.20. The van der Waals surface area contributed by atoms with Crippen molar-refractivity contribution in [2.75, 3.05) is 6.79 Å². The summed E-state index contributed by atoms with van der Waals surface area (Å²) in [5.74, 6) is 0.389. The molecule has 1 amide bonds. The molecule has 0 saturated carbocycles. The molecular weight excluding hydrogens is 330 g/mol. The molecule has 0 fully saturated rings. The van der Waals surface area contributed by atoms with Crippen molar-refractivity contribution >= 4 is 17.7 Å². The van der Waals surface area contributed by atoms with Crippen LogP contribution in [0.1, 0.15) is 11.3 Å². The normalized spacial score (nSPS) is 12.5. The zero-order chi connectivity index (χ0) is 17.8. The zero-order valence-corrected chi connectivity index (χ0v) is 12.7. The van der Waals surface area contributed by atoms with Crippen LogP contribution in [0.2, 0.25) is 0 Å². The summed E-state index contributed by atoms with van der Waals surface area (Å²) in [6.07, 6.45) is 2.59. The lowest BCUT2D eigenvalue weighted by atomic mass is 10.1. The Morgan fingerprint density at radius 2 is 2.16 bits per heavy atom. The third kappa shape index (κ3) is 3.42. The van der Waals surface area contributed by atoms with Crippen LogP contribution in [0.15, 0.2) is 40.5 Å². The van der Waals surface area contributed by atoms with Crippen molar-refractivity contribution in [3.63, 3.8) is 0 Å². The zero-order valence-electron chi connectivity index (χ0n) is 12.7. The third-order valence-electron chi connectivity index (χ3n) is 3.39. The van der Waals surface area contributed by atoms with Crippen LogP contribution in [0.3, 0.4) is 0 Å². The second-order valence-electron chi connectivity index (χ2n) is 4.95. The van der Waals surface area contributed by atoms with Crippen LogP contribution in [-0.2, 0) is 11.3 Å². The lowest BCUT2D eigenvalue weighted by molar-refractivity contribution is -0.385.